The molecule has 0 spiro atoms. The number of alkyl halides is 3. The number of carbonyl (C=O) groups is 1. The molecule has 0 radical (unpaired) electrons. The molecule has 1 atom stereocenters. The molecule has 6 heteroatoms. The second-order valence-corrected chi connectivity index (χ2v) is 4.11. The van der Waals surface area contributed by atoms with Crippen LogP contribution in [0.25, 0.3) is 0 Å². The number of hydrogen-bond acceptors (Lipinski definition) is 2. The van der Waals surface area contributed by atoms with Crippen molar-refractivity contribution in [2.24, 2.45) is 0 Å². The van der Waals surface area contributed by atoms with Crippen LogP contribution in [-0.4, -0.2) is 23.8 Å². The Balaban J connectivity index is 2.91. The van der Waals surface area contributed by atoms with Crippen LogP contribution in [-0.2, 0) is 4.79 Å². The molecule has 1 aromatic carbocycles. The van der Waals surface area contributed by atoms with Crippen molar-refractivity contribution in [2.75, 3.05) is 6.54 Å². The van der Waals surface area contributed by atoms with Crippen LogP contribution in [0.1, 0.15) is 22.7 Å². The van der Waals surface area contributed by atoms with E-state index >= 15 is 0 Å². The maximum atomic E-state index is 12.1. The van der Waals surface area contributed by atoms with Gasteiger partial charge in [-0.1, -0.05) is 18.2 Å². The molecule has 0 fully saturated rings. The summed E-state index contributed by atoms with van der Waals surface area (Å²) in [4.78, 5) is 11.0. The lowest BCUT2D eigenvalue weighted by molar-refractivity contribution is -0.143. The highest BCUT2D eigenvalue weighted by Crippen LogP contribution is 2.20. The van der Waals surface area contributed by atoms with Crippen molar-refractivity contribution in [3.8, 4) is 0 Å². The van der Waals surface area contributed by atoms with Crippen molar-refractivity contribution in [2.45, 2.75) is 26.1 Å². The maximum Gasteiger partial charge on any atom is 0.401 e. The lowest BCUT2D eigenvalue weighted by Crippen LogP contribution is -2.36. The molecule has 0 saturated heterocycles. The molecule has 0 bridgehead atoms. The highest BCUT2D eigenvalue weighted by atomic mass is 19.4. The van der Waals surface area contributed by atoms with E-state index in [1.54, 1.807) is 19.1 Å². The third-order valence-corrected chi connectivity index (χ3v) is 2.62. The van der Waals surface area contributed by atoms with E-state index in [-0.39, 0.29) is 0 Å². The maximum absolute atomic E-state index is 12.1. The molecule has 1 unspecified atom stereocenters. The van der Waals surface area contributed by atoms with Crippen LogP contribution in [0.3, 0.4) is 0 Å². The number of aliphatic carboxylic acids is 1. The molecule has 0 aliphatic rings. The van der Waals surface area contributed by atoms with E-state index < -0.39 is 24.7 Å². The first kappa shape index (κ1) is 14.5. The monoisotopic (exact) mass is 261 g/mol. The number of aryl methyl sites for hydroxylation is 2. The van der Waals surface area contributed by atoms with Gasteiger partial charge in [0.25, 0.3) is 0 Å². The van der Waals surface area contributed by atoms with E-state index in [2.05, 4.69) is 0 Å². The Morgan fingerprint density at radius 1 is 1.33 bits per heavy atom. The summed E-state index contributed by atoms with van der Waals surface area (Å²) in [6.45, 7) is 2.29. The molecule has 2 N–H and O–H groups in total. The molecule has 0 aromatic heterocycles. The first-order valence-corrected chi connectivity index (χ1v) is 5.31. The Bertz CT molecular complexity index is 443. The van der Waals surface area contributed by atoms with E-state index in [0.29, 0.717) is 5.56 Å². The number of carboxylic acid groups (broad SMARTS) is 1. The third kappa shape index (κ3) is 4.03. The number of carboxylic acids is 1. The summed E-state index contributed by atoms with van der Waals surface area (Å²) in [5, 5.41) is 11.0. The smallest absolute Gasteiger partial charge is 0.401 e. The Kier molecular flexibility index (Phi) is 4.34. The van der Waals surface area contributed by atoms with Crippen molar-refractivity contribution < 1.29 is 23.1 Å². The quantitative estimate of drug-likeness (QED) is 0.875. The summed E-state index contributed by atoms with van der Waals surface area (Å²) in [6, 6.07) is 3.43. The van der Waals surface area contributed by atoms with Crippen molar-refractivity contribution >= 4 is 5.97 Å². The van der Waals surface area contributed by atoms with Crippen molar-refractivity contribution in [1.82, 2.24) is 5.32 Å². The Morgan fingerprint density at radius 2 is 1.94 bits per heavy atom. The van der Waals surface area contributed by atoms with Gasteiger partial charge in [0, 0.05) is 0 Å². The van der Waals surface area contributed by atoms with Crippen LogP contribution < -0.4 is 5.32 Å². The van der Waals surface area contributed by atoms with Crippen LogP contribution in [0.2, 0.25) is 0 Å². The summed E-state index contributed by atoms with van der Waals surface area (Å²) in [6.07, 6.45) is -4.44. The van der Waals surface area contributed by atoms with Crippen LogP contribution in [0.15, 0.2) is 18.2 Å². The zero-order valence-electron chi connectivity index (χ0n) is 10.0. The van der Waals surface area contributed by atoms with E-state index in [1.165, 1.54) is 6.07 Å². The van der Waals surface area contributed by atoms with Crippen molar-refractivity contribution in [3.05, 3.63) is 34.9 Å². The summed E-state index contributed by atoms with van der Waals surface area (Å²) >= 11 is 0. The largest absolute Gasteiger partial charge is 0.480 e. The Labute approximate surface area is 103 Å². The fraction of sp³-hybridized carbons (Fsp3) is 0.417. The first-order valence-electron chi connectivity index (χ1n) is 5.31. The van der Waals surface area contributed by atoms with Gasteiger partial charge < -0.3 is 5.11 Å². The molecule has 0 aliphatic heterocycles. The SMILES string of the molecule is Cc1ccc(C(NCC(F)(F)F)C(=O)O)cc1C. The molecule has 0 saturated carbocycles. The highest BCUT2D eigenvalue weighted by molar-refractivity contribution is 5.75. The summed E-state index contributed by atoms with van der Waals surface area (Å²) in [5.41, 5.74) is 2.11. The fourth-order valence-corrected chi connectivity index (χ4v) is 1.51. The fourth-order valence-electron chi connectivity index (χ4n) is 1.51. The zero-order chi connectivity index (χ0) is 13.9. The molecule has 0 amide bonds. The summed E-state index contributed by atoms with van der Waals surface area (Å²) in [5.74, 6) is -1.33. The van der Waals surface area contributed by atoms with Gasteiger partial charge >= 0.3 is 12.1 Å². The van der Waals surface area contributed by atoms with E-state index in [1.807, 2.05) is 12.2 Å². The van der Waals surface area contributed by atoms with Gasteiger partial charge in [0.1, 0.15) is 6.04 Å². The summed E-state index contributed by atoms with van der Waals surface area (Å²) < 4.78 is 36.2. The minimum Gasteiger partial charge on any atom is -0.480 e. The molecule has 1 rings (SSSR count). The van der Waals surface area contributed by atoms with E-state index in [9.17, 15) is 18.0 Å². The predicted molar refractivity (Wildman–Crippen MR) is 60.4 cm³/mol. The molecule has 0 heterocycles. The lowest BCUT2D eigenvalue weighted by Gasteiger charge is -2.17. The summed E-state index contributed by atoms with van der Waals surface area (Å²) in [7, 11) is 0. The standard InChI is InChI=1S/C12H14F3NO2/c1-7-3-4-9(5-8(7)2)10(11(17)18)16-6-12(13,14)15/h3-5,10,16H,6H2,1-2H3,(H,17,18). The average molecular weight is 261 g/mol. The number of rotatable bonds is 4. The minimum atomic E-state index is -4.44. The third-order valence-electron chi connectivity index (χ3n) is 2.62. The topological polar surface area (TPSA) is 49.3 Å². The van der Waals surface area contributed by atoms with Crippen LogP contribution >= 0.6 is 0 Å². The number of nitrogens with one attached hydrogen (secondary N) is 1. The van der Waals surface area contributed by atoms with E-state index in [0.717, 1.165) is 11.1 Å². The molecule has 3 nitrogen and oxygen atoms in total. The lowest BCUT2D eigenvalue weighted by atomic mass is 10.0. The van der Waals surface area contributed by atoms with Crippen molar-refractivity contribution in [3.63, 3.8) is 0 Å². The van der Waals surface area contributed by atoms with Crippen LogP contribution in [0.4, 0.5) is 13.2 Å². The first-order chi connectivity index (χ1) is 8.20. The Morgan fingerprint density at radius 3 is 2.39 bits per heavy atom. The van der Waals surface area contributed by atoms with Crippen molar-refractivity contribution in [1.29, 1.82) is 0 Å². The zero-order valence-corrected chi connectivity index (χ0v) is 10.0. The number of hydrogen-bond donors (Lipinski definition) is 2. The van der Waals surface area contributed by atoms with Gasteiger partial charge in [0.2, 0.25) is 0 Å². The molecule has 18 heavy (non-hydrogen) atoms. The van der Waals surface area contributed by atoms with Gasteiger partial charge in [-0.15, -0.1) is 0 Å². The molecule has 100 valence electrons. The van der Waals surface area contributed by atoms with Gasteiger partial charge in [0.15, 0.2) is 0 Å². The number of benzene rings is 1. The van der Waals surface area contributed by atoms with Gasteiger partial charge in [-0.25, -0.2) is 0 Å². The van der Waals surface area contributed by atoms with Gasteiger partial charge in [-0.2, -0.15) is 13.2 Å². The molecule has 1 aromatic rings. The minimum absolute atomic E-state index is 0.315. The number of halogens is 3. The molecular formula is C12H14F3NO2. The second-order valence-electron chi connectivity index (χ2n) is 4.11. The van der Waals surface area contributed by atoms with Gasteiger partial charge in [-0.05, 0) is 30.5 Å². The van der Waals surface area contributed by atoms with Gasteiger partial charge in [0.05, 0.1) is 6.54 Å². The van der Waals surface area contributed by atoms with E-state index in [4.69, 9.17) is 5.11 Å². The second kappa shape index (κ2) is 5.39. The predicted octanol–water partition coefficient (Wildman–Crippen LogP) is 2.58. The normalized spacial score (nSPS) is 13.4. The highest BCUT2D eigenvalue weighted by Gasteiger charge is 2.30. The van der Waals surface area contributed by atoms with Crippen LogP contribution in [0, 0.1) is 13.8 Å². The van der Waals surface area contributed by atoms with Crippen LogP contribution in [0.5, 0.6) is 0 Å². The van der Waals surface area contributed by atoms with Gasteiger partial charge in [-0.3, -0.25) is 10.1 Å². The molecular weight excluding hydrogens is 247 g/mol. The molecule has 0 aliphatic carbocycles. The average Bonchev–Trinajstić information content (AvgIpc) is 2.21. The Hall–Kier alpha value is -1.56.